The van der Waals surface area contributed by atoms with Gasteiger partial charge in [0.25, 0.3) is 0 Å². The summed E-state index contributed by atoms with van der Waals surface area (Å²) in [6, 6.07) is 20.2. The van der Waals surface area contributed by atoms with Crippen molar-refractivity contribution in [3.8, 4) is 28.4 Å². The fourth-order valence-electron chi connectivity index (χ4n) is 3.92. The summed E-state index contributed by atoms with van der Waals surface area (Å²) in [5, 5.41) is 0. The van der Waals surface area contributed by atoms with Crippen molar-refractivity contribution in [3.05, 3.63) is 77.4 Å². The van der Waals surface area contributed by atoms with Crippen LogP contribution >= 0.6 is 0 Å². The average Bonchev–Trinajstić information content (AvgIpc) is 3.18. The molecule has 1 N–H and O–H groups in total. The summed E-state index contributed by atoms with van der Waals surface area (Å²) in [5.41, 5.74) is 5.63. The lowest BCUT2D eigenvalue weighted by Crippen LogP contribution is -2.10. The molecule has 0 spiro atoms. The highest BCUT2D eigenvalue weighted by Crippen LogP contribution is 2.37. The molecule has 3 aromatic rings. The van der Waals surface area contributed by atoms with Crippen molar-refractivity contribution in [2.45, 2.75) is 25.9 Å². The molecule has 0 amide bonds. The minimum atomic E-state index is -1.84. The Balaban J connectivity index is 1.48. The molecule has 0 bridgehead atoms. The van der Waals surface area contributed by atoms with E-state index in [9.17, 15) is 4.21 Å². The zero-order chi connectivity index (χ0) is 21.8. The second kappa shape index (κ2) is 9.54. The van der Waals surface area contributed by atoms with Gasteiger partial charge in [-0.3, -0.25) is 0 Å². The van der Waals surface area contributed by atoms with Crippen LogP contribution in [-0.4, -0.2) is 28.2 Å². The van der Waals surface area contributed by atoms with Crippen LogP contribution in [0.4, 0.5) is 0 Å². The Hall–Kier alpha value is -2.83. The molecule has 0 saturated heterocycles. The SMILES string of the molecule is CCc1cc(OC)ccc1-c1cccc(COc2ccc3c(c2)OCC3CS(=O)O)c1. The quantitative estimate of drug-likeness (QED) is 0.490. The molecule has 1 heterocycles. The van der Waals surface area contributed by atoms with Gasteiger partial charge < -0.3 is 18.8 Å². The van der Waals surface area contributed by atoms with Crippen molar-refractivity contribution in [2.24, 2.45) is 0 Å². The summed E-state index contributed by atoms with van der Waals surface area (Å²) >= 11 is -1.84. The summed E-state index contributed by atoms with van der Waals surface area (Å²) in [7, 11) is 1.68. The van der Waals surface area contributed by atoms with E-state index in [1.54, 1.807) is 7.11 Å². The third kappa shape index (κ3) is 4.92. The molecule has 5 nitrogen and oxygen atoms in total. The fraction of sp³-hybridized carbons (Fsp3) is 0.280. The molecule has 4 rings (SSSR count). The van der Waals surface area contributed by atoms with Gasteiger partial charge in [-0.25, -0.2) is 4.21 Å². The summed E-state index contributed by atoms with van der Waals surface area (Å²) < 4.78 is 37.3. The molecule has 31 heavy (non-hydrogen) atoms. The molecule has 0 radical (unpaired) electrons. The number of hydrogen-bond donors (Lipinski definition) is 1. The largest absolute Gasteiger partial charge is 0.497 e. The van der Waals surface area contributed by atoms with Crippen molar-refractivity contribution in [1.29, 1.82) is 0 Å². The highest BCUT2D eigenvalue weighted by atomic mass is 32.2. The van der Waals surface area contributed by atoms with E-state index in [1.807, 2.05) is 30.3 Å². The van der Waals surface area contributed by atoms with E-state index in [0.29, 0.717) is 19.0 Å². The van der Waals surface area contributed by atoms with Crippen molar-refractivity contribution < 1.29 is 23.0 Å². The molecule has 0 fully saturated rings. The topological polar surface area (TPSA) is 65.0 Å². The van der Waals surface area contributed by atoms with Gasteiger partial charge >= 0.3 is 0 Å². The Morgan fingerprint density at radius 1 is 1.10 bits per heavy atom. The number of benzene rings is 3. The van der Waals surface area contributed by atoms with Gasteiger partial charge in [0.1, 0.15) is 23.9 Å². The molecule has 0 aliphatic carbocycles. The molecule has 3 aromatic carbocycles. The molecule has 2 unspecified atom stereocenters. The van der Waals surface area contributed by atoms with Crippen LogP contribution in [0.3, 0.4) is 0 Å². The molecule has 0 saturated carbocycles. The molecule has 2 atom stereocenters. The van der Waals surface area contributed by atoms with Gasteiger partial charge in [0.05, 0.1) is 19.5 Å². The predicted octanol–water partition coefficient (Wildman–Crippen LogP) is 5.20. The van der Waals surface area contributed by atoms with Crippen LogP contribution in [0.15, 0.2) is 60.7 Å². The number of hydrogen-bond acceptors (Lipinski definition) is 4. The first-order valence-electron chi connectivity index (χ1n) is 10.3. The van der Waals surface area contributed by atoms with E-state index < -0.39 is 11.1 Å². The van der Waals surface area contributed by atoms with Crippen LogP contribution in [0.5, 0.6) is 17.2 Å². The number of methoxy groups -OCH3 is 1. The van der Waals surface area contributed by atoms with Gasteiger partial charge in [-0.05, 0) is 52.9 Å². The molecule has 162 valence electrons. The minimum absolute atomic E-state index is 0.0520. The van der Waals surface area contributed by atoms with Crippen molar-refractivity contribution in [1.82, 2.24) is 0 Å². The Morgan fingerprint density at radius 2 is 1.94 bits per heavy atom. The average molecular weight is 439 g/mol. The fourth-order valence-corrected chi connectivity index (χ4v) is 4.54. The van der Waals surface area contributed by atoms with E-state index in [-0.39, 0.29) is 11.7 Å². The Kier molecular flexibility index (Phi) is 6.59. The first-order valence-corrected chi connectivity index (χ1v) is 11.6. The summed E-state index contributed by atoms with van der Waals surface area (Å²) in [6.45, 7) is 3.01. The maximum Gasteiger partial charge on any atom is 0.153 e. The molecular formula is C25H26O5S. The van der Waals surface area contributed by atoms with Crippen molar-refractivity contribution >= 4 is 11.1 Å². The maximum absolute atomic E-state index is 11.1. The molecule has 1 aliphatic rings. The predicted molar refractivity (Wildman–Crippen MR) is 122 cm³/mol. The van der Waals surface area contributed by atoms with Crippen LogP contribution in [0.25, 0.3) is 11.1 Å². The Morgan fingerprint density at radius 3 is 2.71 bits per heavy atom. The van der Waals surface area contributed by atoms with Crippen molar-refractivity contribution in [2.75, 3.05) is 19.5 Å². The monoisotopic (exact) mass is 438 g/mol. The normalized spacial score (nSPS) is 15.8. The first-order chi connectivity index (χ1) is 15.1. The Bertz CT molecular complexity index is 1100. The summed E-state index contributed by atoms with van der Waals surface area (Å²) in [4.78, 5) is 0. The van der Waals surface area contributed by atoms with Gasteiger partial charge in [0.15, 0.2) is 11.1 Å². The zero-order valence-corrected chi connectivity index (χ0v) is 18.5. The van der Waals surface area contributed by atoms with E-state index in [2.05, 4.69) is 37.3 Å². The smallest absolute Gasteiger partial charge is 0.153 e. The highest BCUT2D eigenvalue weighted by molar-refractivity contribution is 7.79. The summed E-state index contributed by atoms with van der Waals surface area (Å²) in [6.07, 6.45) is 0.924. The molecule has 6 heteroatoms. The van der Waals surface area contributed by atoms with Crippen LogP contribution in [0, 0.1) is 0 Å². The third-order valence-electron chi connectivity index (χ3n) is 5.55. The highest BCUT2D eigenvalue weighted by Gasteiger charge is 2.26. The van der Waals surface area contributed by atoms with Gasteiger partial charge in [-0.15, -0.1) is 0 Å². The summed E-state index contributed by atoms with van der Waals surface area (Å²) in [5.74, 6) is 2.45. The second-order valence-corrected chi connectivity index (χ2v) is 8.54. The van der Waals surface area contributed by atoms with Crippen LogP contribution in [0.2, 0.25) is 0 Å². The van der Waals surface area contributed by atoms with Crippen molar-refractivity contribution in [3.63, 3.8) is 0 Å². The zero-order valence-electron chi connectivity index (χ0n) is 17.7. The van der Waals surface area contributed by atoms with Gasteiger partial charge in [0.2, 0.25) is 0 Å². The molecule has 0 aromatic heterocycles. The van der Waals surface area contributed by atoms with E-state index in [1.165, 1.54) is 11.1 Å². The maximum atomic E-state index is 11.1. The number of ether oxygens (including phenoxy) is 3. The lowest BCUT2D eigenvalue weighted by Gasteiger charge is -2.13. The van der Waals surface area contributed by atoms with Crippen LogP contribution in [0.1, 0.15) is 29.5 Å². The lowest BCUT2D eigenvalue weighted by molar-refractivity contribution is 0.301. The molecule has 1 aliphatic heterocycles. The van der Waals surface area contributed by atoms with Gasteiger partial charge in [0, 0.05) is 17.5 Å². The number of aryl methyl sites for hydroxylation is 1. The first kappa shape index (κ1) is 21.4. The Labute approximate surface area is 185 Å². The lowest BCUT2D eigenvalue weighted by atomic mass is 9.96. The second-order valence-electron chi connectivity index (χ2n) is 7.56. The van der Waals surface area contributed by atoms with E-state index in [4.69, 9.17) is 18.8 Å². The van der Waals surface area contributed by atoms with E-state index in [0.717, 1.165) is 34.6 Å². The number of rotatable bonds is 8. The minimum Gasteiger partial charge on any atom is -0.497 e. The standard InChI is InChI=1S/C25H26O5S/c1-3-18-12-21(28-2)7-9-23(18)19-6-4-5-17(11-19)14-29-22-8-10-24-20(16-31(26)27)15-30-25(24)13-22/h4-13,20H,3,14-16H2,1-2H3,(H,26,27). The molecular weight excluding hydrogens is 412 g/mol. The van der Waals surface area contributed by atoms with Crippen LogP contribution in [-0.2, 0) is 24.1 Å². The van der Waals surface area contributed by atoms with Gasteiger partial charge in [-0.1, -0.05) is 37.3 Å². The number of fused-ring (bicyclic) bond motifs is 1. The van der Waals surface area contributed by atoms with E-state index >= 15 is 0 Å². The van der Waals surface area contributed by atoms with Crippen LogP contribution < -0.4 is 14.2 Å². The third-order valence-corrected chi connectivity index (χ3v) is 6.23. The van der Waals surface area contributed by atoms with Gasteiger partial charge in [-0.2, -0.15) is 0 Å².